The smallest absolute Gasteiger partial charge is 0.389 e. The summed E-state index contributed by atoms with van der Waals surface area (Å²) >= 11 is 1.16. The van der Waals surface area contributed by atoms with Gasteiger partial charge in [-0.15, -0.1) is 0 Å². The first kappa shape index (κ1) is 22.1. The summed E-state index contributed by atoms with van der Waals surface area (Å²) in [6.07, 6.45) is -0.167. The van der Waals surface area contributed by atoms with Crippen LogP contribution in [0, 0.1) is 18.0 Å². The molecule has 2 unspecified atom stereocenters. The molecule has 0 aliphatic rings. The van der Waals surface area contributed by atoms with Gasteiger partial charge in [-0.3, -0.25) is 4.79 Å². The van der Waals surface area contributed by atoms with Crippen molar-refractivity contribution in [3.05, 3.63) is 41.6 Å². The Kier molecular flexibility index (Phi) is 7.34. The number of hydrogen-bond donors (Lipinski definition) is 1. The summed E-state index contributed by atoms with van der Waals surface area (Å²) in [5.74, 6) is -0.813. The van der Waals surface area contributed by atoms with E-state index in [2.05, 4.69) is 10.4 Å². The molecule has 0 saturated heterocycles. The van der Waals surface area contributed by atoms with Crippen LogP contribution in [0.15, 0.2) is 30.7 Å². The summed E-state index contributed by atoms with van der Waals surface area (Å²) in [5.41, 5.74) is 1.61. The minimum absolute atomic E-state index is 0.0697. The summed E-state index contributed by atoms with van der Waals surface area (Å²) in [6, 6.07) is 3.29. The van der Waals surface area contributed by atoms with Gasteiger partial charge in [0.25, 0.3) is 0 Å². The maximum absolute atomic E-state index is 12.6. The van der Waals surface area contributed by atoms with Crippen LogP contribution in [0.5, 0.6) is 0 Å². The van der Waals surface area contributed by atoms with Gasteiger partial charge in [-0.05, 0) is 19.4 Å². The highest BCUT2D eigenvalue weighted by molar-refractivity contribution is 7.99. The minimum atomic E-state index is -4.19. The first-order valence-corrected chi connectivity index (χ1v) is 9.90. The van der Waals surface area contributed by atoms with E-state index >= 15 is 0 Å². The standard InChI is InChI=1S/C18H23F3N4O2S/c1-4-16(28-9-7-18(19,20)21)12(2)17(26)22-15-11-25(23-13(15)3)14-6-5-8-24(27)10-14/h5-6,8,10-12,16H,4,7,9H2,1-3H3,(H,22,26). The second-order valence-corrected chi connectivity index (χ2v) is 7.80. The third-order valence-electron chi connectivity index (χ3n) is 4.27. The summed E-state index contributed by atoms with van der Waals surface area (Å²) in [5, 5.41) is 18.3. The van der Waals surface area contributed by atoms with E-state index in [1.165, 1.54) is 17.1 Å². The van der Waals surface area contributed by atoms with E-state index in [0.29, 0.717) is 28.2 Å². The highest BCUT2D eigenvalue weighted by atomic mass is 32.2. The summed E-state index contributed by atoms with van der Waals surface area (Å²) < 4.78 is 39.2. The number of aryl methyl sites for hydroxylation is 1. The number of halogens is 3. The molecular weight excluding hydrogens is 393 g/mol. The third kappa shape index (κ3) is 6.15. The molecule has 28 heavy (non-hydrogen) atoms. The Balaban J connectivity index is 2.03. The van der Waals surface area contributed by atoms with Crippen LogP contribution in [-0.2, 0) is 4.79 Å². The van der Waals surface area contributed by atoms with Gasteiger partial charge in [0, 0.05) is 23.0 Å². The highest BCUT2D eigenvalue weighted by Crippen LogP contribution is 2.29. The molecule has 2 aromatic heterocycles. The van der Waals surface area contributed by atoms with Gasteiger partial charge in [0.2, 0.25) is 12.1 Å². The number of rotatable bonds is 8. The average Bonchev–Trinajstić information content (AvgIpc) is 2.98. The molecule has 0 aromatic carbocycles. The Bertz CT molecular complexity index is 810. The van der Waals surface area contributed by atoms with Crippen LogP contribution in [0.4, 0.5) is 18.9 Å². The Hall–Kier alpha value is -2.23. The number of aromatic nitrogens is 3. The monoisotopic (exact) mass is 416 g/mol. The Morgan fingerprint density at radius 3 is 2.79 bits per heavy atom. The van der Waals surface area contributed by atoms with Crippen molar-refractivity contribution < 1.29 is 22.7 Å². The van der Waals surface area contributed by atoms with E-state index in [1.54, 1.807) is 32.2 Å². The molecule has 10 heteroatoms. The zero-order valence-electron chi connectivity index (χ0n) is 15.9. The van der Waals surface area contributed by atoms with Crippen molar-refractivity contribution >= 4 is 23.4 Å². The van der Waals surface area contributed by atoms with Gasteiger partial charge in [0.05, 0.1) is 24.0 Å². The Morgan fingerprint density at radius 2 is 2.18 bits per heavy atom. The van der Waals surface area contributed by atoms with Gasteiger partial charge in [-0.2, -0.15) is 34.8 Å². The lowest BCUT2D eigenvalue weighted by atomic mass is 10.0. The molecule has 0 radical (unpaired) electrons. The largest absolute Gasteiger partial charge is 0.619 e. The number of alkyl halides is 3. The molecule has 0 spiro atoms. The number of thioether (sulfide) groups is 1. The van der Waals surface area contributed by atoms with Gasteiger partial charge < -0.3 is 10.5 Å². The first-order chi connectivity index (χ1) is 13.1. The highest BCUT2D eigenvalue weighted by Gasteiger charge is 2.29. The van der Waals surface area contributed by atoms with Crippen molar-refractivity contribution in [1.82, 2.24) is 9.78 Å². The van der Waals surface area contributed by atoms with Crippen molar-refractivity contribution in [2.45, 2.75) is 45.0 Å². The van der Waals surface area contributed by atoms with Crippen LogP contribution < -0.4 is 10.0 Å². The van der Waals surface area contributed by atoms with Crippen molar-refractivity contribution in [3.63, 3.8) is 0 Å². The summed E-state index contributed by atoms with van der Waals surface area (Å²) in [4.78, 5) is 12.6. The van der Waals surface area contributed by atoms with E-state index in [1.807, 2.05) is 6.92 Å². The predicted molar refractivity (Wildman–Crippen MR) is 102 cm³/mol. The number of nitrogens with zero attached hydrogens (tertiary/aromatic N) is 3. The van der Waals surface area contributed by atoms with Crippen LogP contribution in [0.1, 0.15) is 32.4 Å². The van der Waals surface area contributed by atoms with Gasteiger partial charge in [0.15, 0.2) is 6.20 Å². The third-order valence-corrected chi connectivity index (χ3v) is 5.88. The van der Waals surface area contributed by atoms with Gasteiger partial charge >= 0.3 is 6.18 Å². The molecule has 1 amide bonds. The SMILES string of the molecule is CCC(SCCC(F)(F)F)C(C)C(=O)Nc1cn(-c2ccc[n+]([O-])c2)nc1C. The second-order valence-electron chi connectivity index (χ2n) is 6.46. The second kappa shape index (κ2) is 9.31. The Labute approximate surface area is 165 Å². The fraction of sp³-hybridized carbons (Fsp3) is 0.500. The number of carbonyl (C=O) groups is 1. The number of carbonyl (C=O) groups excluding carboxylic acids is 1. The molecule has 2 atom stereocenters. The Morgan fingerprint density at radius 1 is 1.46 bits per heavy atom. The van der Waals surface area contributed by atoms with E-state index in [4.69, 9.17) is 0 Å². The van der Waals surface area contributed by atoms with Gasteiger partial charge in [-0.1, -0.05) is 13.8 Å². The number of amides is 1. The molecule has 1 N–H and O–H groups in total. The van der Waals surface area contributed by atoms with Crippen molar-refractivity contribution in [1.29, 1.82) is 0 Å². The topological polar surface area (TPSA) is 73.9 Å². The summed E-state index contributed by atoms with van der Waals surface area (Å²) in [6.45, 7) is 5.29. The van der Waals surface area contributed by atoms with Crippen LogP contribution >= 0.6 is 11.8 Å². The van der Waals surface area contributed by atoms with Crippen molar-refractivity contribution in [3.8, 4) is 5.69 Å². The number of hydrogen-bond acceptors (Lipinski definition) is 4. The predicted octanol–water partition coefficient (Wildman–Crippen LogP) is 3.85. The normalized spacial score (nSPS) is 13.9. The lowest BCUT2D eigenvalue weighted by molar-refractivity contribution is -0.605. The van der Waals surface area contributed by atoms with E-state index < -0.39 is 18.5 Å². The molecular formula is C18H23F3N4O2S. The van der Waals surface area contributed by atoms with Gasteiger partial charge in [-0.25, -0.2) is 4.68 Å². The van der Waals surface area contributed by atoms with E-state index in [9.17, 15) is 23.2 Å². The zero-order chi connectivity index (χ0) is 20.9. The van der Waals surface area contributed by atoms with Crippen molar-refractivity contribution in [2.24, 2.45) is 5.92 Å². The molecule has 0 aliphatic carbocycles. The van der Waals surface area contributed by atoms with Crippen LogP contribution in [0.25, 0.3) is 5.69 Å². The molecule has 0 saturated carbocycles. The zero-order valence-corrected chi connectivity index (χ0v) is 16.7. The molecule has 0 fully saturated rings. The lowest BCUT2D eigenvalue weighted by Gasteiger charge is -2.21. The molecule has 6 nitrogen and oxygen atoms in total. The number of nitrogens with one attached hydrogen (secondary N) is 1. The van der Waals surface area contributed by atoms with Crippen LogP contribution in [0.3, 0.4) is 0 Å². The van der Waals surface area contributed by atoms with E-state index in [-0.39, 0.29) is 16.9 Å². The maximum Gasteiger partial charge on any atom is 0.389 e. The molecule has 154 valence electrons. The molecule has 0 aliphatic heterocycles. The molecule has 2 rings (SSSR count). The van der Waals surface area contributed by atoms with E-state index in [0.717, 1.165) is 11.8 Å². The molecule has 2 aromatic rings. The number of anilines is 1. The van der Waals surface area contributed by atoms with Crippen LogP contribution in [0.2, 0.25) is 0 Å². The summed E-state index contributed by atoms with van der Waals surface area (Å²) in [7, 11) is 0. The molecule has 0 bridgehead atoms. The average molecular weight is 416 g/mol. The molecule has 2 heterocycles. The fourth-order valence-electron chi connectivity index (χ4n) is 2.65. The van der Waals surface area contributed by atoms with Crippen LogP contribution in [-0.4, -0.2) is 32.9 Å². The maximum atomic E-state index is 12.6. The van der Waals surface area contributed by atoms with Gasteiger partial charge in [0.1, 0.15) is 5.69 Å². The van der Waals surface area contributed by atoms with Crippen molar-refractivity contribution in [2.75, 3.05) is 11.1 Å². The quantitative estimate of drug-likeness (QED) is 0.524. The lowest BCUT2D eigenvalue weighted by Crippen LogP contribution is -2.29. The number of pyridine rings is 1. The first-order valence-electron chi connectivity index (χ1n) is 8.85. The minimum Gasteiger partial charge on any atom is -0.619 e. The fourth-order valence-corrected chi connectivity index (χ4v) is 3.95.